The largest absolute Gasteiger partial charge is 0.459 e. The van der Waals surface area contributed by atoms with Crippen LogP contribution in [0.15, 0.2) is 45.7 Å². The fourth-order valence-electron chi connectivity index (χ4n) is 5.06. The van der Waals surface area contributed by atoms with E-state index in [2.05, 4.69) is 55.2 Å². The molecule has 0 fully saturated rings. The highest BCUT2D eigenvalue weighted by Gasteiger charge is 2.46. The molecule has 1 heterocycles. The van der Waals surface area contributed by atoms with Gasteiger partial charge in [0.1, 0.15) is 0 Å². The zero-order chi connectivity index (χ0) is 21.6. The average Bonchev–Trinajstić information content (AvgIpc) is 3.02. The van der Waals surface area contributed by atoms with Gasteiger partial charge in [0.15, 0.2) is 5.82 Å². The van der Waals surface area contributed by atoms with Gasteiger partial charge in [0.2, 0.25) is 0 Å². The Morgan fingerprint density at radius 1 is 1.03 bits per heavy atom. The highest BCUT2D eigenvalue weighted by atomic mass is 16.5. The molecule has 2 aromatic carbocycles. The Labute approximate surface area is 177 Å². The van der Waals surface area contributed by atoms with Crippen molar-refractivity contribution in [1.82, 2.24) is 9.72 Å². The number of fused-ring (bicyclic) bond motifs is 2. The summed E-state index contributed by atoms with van der Waals surface area (Å²) in [4.78, 5) is 16.8. The molecule has 0 amide bonds. The van der Waals surface area contributed by atoms with E-state index < -0.39 is 11.2 Å². The lowest BCUT2D eigenvalue weighted by atomic mass is 9.67. The molecule has 2 N–H and O–H groups in total. The molecule has 5 nitrogen and oxygen atoms in total. The first-order valence-electron chi connectivity index (χ1n) is 10.8. The van der Waals surface area contributed by atoms with E-state index in [-0.39, 0.29) is 12.1 Å². The van der Waals surface area contributed by atoms with Crippen molar-refractivity contribution in [3.8, 4) is 0 Å². The van der Waals surface area contributed by atoms with Crippen LogP contribution in [0.2, 0.25) is 0 Å². The lowest BCUT2D eigenvalue weighted by Crippen LogP contribution is -2.39. The summed E-state index contributed by atoms with van der Waals surface area (Å²) >= 11 is 0. The van der Waals surface area contributed by atoms with Crippen LogP contribution >= 0.6 is 0 Å². The minimum Gasteiger partial charge on any atom is -0.328 e. The van der Waals surface area contributed by atoms with Crippen molar-refractivity contribution in [3.63, 3.8) is 0 Å². The van der Waals surface area contributed by atoms with Crippen LogP contribution in [0.3, 0.4) is 0 Å². The fourth-order valence-corrected chi connectivity index (χ4v) is 5.06. The minimum atomic E-state index is -0.646. The third-order valence-corrected chi connectivity index (χ3v) is 6.17. The molecule has 4 rings (SSSR count). The molecule has 0 saturated heterocycles. The highest BCUT2D eigenvalue weighted by molar-refractivity contribution is 5.56. The van der Waals surface area contributed by atoms with E-state index in [1.807, 2.05) is 20.8 Å². The number of benzene rings is 2. The standard InChI is InChI=1S/C25H31N3O2/c1-15(2)28-23(27-24(29)30-28)25(14-18(5)26)21-10-6-16(3)12-19(21)8-9-20-13-17(4)7-11-22(20)25/h6-7,10-13,15,18H,8-9,14,26H2,1-5H3. The predicted octanol–water partition coefficient (Wildman–Crippen LogP) is 4.20. The zero-order valence-electron chi connectivity index (χ0n) is 18.5. The predicted molar refractivity (Wildman–Crippen MR) is 119 cm³/mol. The van der Waals surface area contributed by atoms with Crippen LogP contribution in [0.5, 0.6) is 0 Å². The van der Waals surface area contributed by atoms with Crippen LogP contribution in [0, 0.1) is 13.8 Å². The number of aryl methyl sites for hydroxylation is 4. The number of hydrogen-bond acceptors (Lipinski definition) is 4. The van der Waals surface area contributed by atoms with Gasteiger partial charge in [-0.2, -0.15) is 9.72 Å². The number of nitrogens with zero attached hydrogens (tertiary/aromatic N) is 2. The molecule has 1 aliphatic carbocycles. The average molecular weight is 406 g/mol. The van der Waals surface area contributed by atoms with E-state index in [4.69, 9.17) is 10.3 Å². The maximum atomic E-state index is 12.4. The maximum Gasteiger partial charge on any atom is 0.459 e. The molecule has 0 saturated carbocycles. The summed E-state index contributed by atoms with van der Waals surface area (Å²) in [7, 11) is 0. The molecular formula is C25H31N3O2. The number of nitrogens with two attached hydrogens (primary N) is 1. The first-order valence-corrected chi connectivity index (χ1v) is 10.8. The topological polar surface area (TPSA) is 74.1 Å². The van der Waals surface area contributed by atoms with E-state index in [9.17, 15) is 4.79 Å². The highest BCUT2D eigenvalue weighted by Crippen LogP contribution is 2.47. The molecule has 5 heteroatoms. The van der Waals surface area contributed by atoms with Gasteiger partial charge in [-0.3, -0.25) is 0 Å². The summed E-state index contributed by atoms with van der Waals surface area (Å²) in [6.45, 7) is 10.3. The van der Waals surface area contributed by atoms with Crippen LogP contribution in [0.1, 0.15) is 72.4 Å². The Morgan fingerprint density at radius 2 is 1.57 bits per heavy atom. The molecule has 1 aliphatic rings. The van der Waals surface area contributed by atoms with Crippen LogP contribution in [0.25, 0.3) is 0 Å². The molecule has 0 radical (unpaired) electrons. The van der Waals surface area contributed by atoms with Crippen molar-refractivity contribution in [1.29, 1.82) is 0 Å². The third-order valence-electron chi connectivity index (χ3n) is 6.17. The monoisotopic (exact) mass is 405 g/mol. The molecule has 1 unspecified atom stereocenters. The van der Waals surface area contributed by atoms with Gasteiger partial charge in [0.25, 0.3) is 0 Å². The van der Waals surface area contributed by atoms with Gasteiger partial charge in [-0.15, -0.1) is 0 Å². The smallest absolute Gasteiger partial charge is 0.328 e. The number of rotatable bonds is 4. The van der Waals surface area contributed by atoms with Gasteiger partial charge < -0.3 is 10.3 Å². The lowest BCUT2D eigenvalue weighted by molar-refractivity contribution is 0.206. The van der Waals surface area contributed by atoms with Gasteiger partial charge in [-0.25, -0.2) is 4.79 Å². The first-order chi connectivity index (χ1) is 14.2. The second kappa shape index (κ2) is 7.55. The molecular weight excluding hydrogens is 374 g/mol. The van der Waals surface area contributed by atoms with Crippen LogP contribution in [-0.2, 0) is 18.3 Å². The van der Waals surface area contributed by atoms with Crippen molar-refractivity contribution < 1.29 is 4.52 Å². The second-order valence-corrected chi connectivity index (χ2v) is 9.12. The maximum absolute atomic E-state index is 12.4. The van der Waals surface area contributed by atoms with Crippen molar-refractivity contribution >= 4 is 0 Å². The number of aromatic nitrogens is 2. The molecule has 0 aliphatic heterocycles. The minimum absolute atomic E-state index is 0.0359. The summed E-state index contributed by atoms with van der Waals surface area (Å²) in [5.41, 5.74) is 13.2. The Hall–Kier alpha value is -2.66. The van der Waals surface area contributed by atoms with Gasteiger partial charge in [-0.05, 0) is 76.1 Å². The quantitative estimate of drug-likeness (QED) is 0.706. The van der Waals surface area contributed by atoms with Gasteiger partial charge in [0.05, 0.1) is 11.5 Å². The van der Waals surface area contributed by atoms with Gasteiger partial charge in [-0.1, -0.05) is 47.5 Å². The van der Waals surface area contributed by atoms with E-state index in [1.54, 1.807) is 4.74 Å². The van der Waals surface area contributed by atoms with Crippen molar-refractivity contribution in [3.05, 3.63) is 86.2 Å². The summed E-state index contributed by atoms with van der Waals surface area (Å²) in [6, 6.07) is 13.1. The Balaban J connectivity index is 2.17. The van der Waals surface area contributed by atoms with Gasteiger partial charge in [0, 0.05) is 6.04 Å². The van der Waals surface area contributed by atoms with E-state index in [1.165, 1.54) is 33.4 Å². The summed E-state index contributed by atoms with van der Waals surface area (Å²) < 4.78 is 7.25. The molecule has 30 heavy (non-hydrogen) atoms. The van der Waals surface area contributed by atoms with Crippen molar-refractivity contribution in [2.24, 2.45) is 5.73 Å². The normalized spacial score (nSPS) is 16.1. The molecule has 3 aromatic rings. The van der Waals surface area contributed by atoms with E-state index in [0.717, 1.165) is 12.8 Å². The number of hydrogen-bond donors (Lipinski definition) is 1. The van der Waals surface area contributed by atoms with Crippen LogP contribution in [0.4, 0.5) is 0 Å². The summed E-state index contributed by atoms with van der Waals surface area (Å²) in [6.07, 6.45) is 2.52. The summed E-state index contributed by atoms with van der Waals surface area (Å²) in [5, 5.41) is 0. The fraction of sp³-hybridized carbons (Fsp3) is 0.440. The lowest BCUT2D eigenvalue weighted by Gasteiger charge is -2.37. The molecule has 158 valence electrons. The van der Waals surface area contributed by atoms with Crippen LogP contribution in [-0.4, -0.2) is 15.8 Å². The Morgan fingerprint density at radius 3 is 2.03 bits per heavy atom. The van der Waals surface area contributed by atoms with Gasteiger partial charge >= 0.3 is 5.76 Å². The molecule has 1 atom stereocenters. The zero-order valence-corrected chi connectivity index (χ0v) is 18.5. The van der Waals surface area contributed by atoms with E-state index in [0.29, 0.717) is 12.2 Å². The first kappa shape index (κ1) is 20.6. The van der Waals surface area contributed by atoms with E-state index >= 15 is 0 Å². The molecule has 1 aromatic heterocycles. The third kappa shape index (κ3) is 3.31. The Bertz CT molecular complexity index is 1080. The van der Waals surface area contributed by atoms with Crippen molar-refractivity contribution in [2.45, 2.75) is 71.4 Å². The second-order valence-electron chi connectivity index (χ2n) is 9.12. The SMILES string of the molecule is Cc1ccc2c(c1)CCc1cc(C)ccc1C2(CC(C)N)c1nc(=O)on1C(C)C. The summed E-state index contributed by atoms with van der Waals surface area (Å²) in [5.74, 6) is 0.0891. The molecule has 0 spiro atoms. The van der Waals surface area contributed by atoms with Crippen LogP contribution < -0.4 is 11.5 Å². The molecule has 0 bridgehead atoms. The van der Waals surface area contributed by atoms with Crippen molar-refractivity contribution in [2.75, 3.05) is 0 Å². The Kier molecular flexibility index (Phi) is 5.18.